The van der Waals surface area contributed by atoms with Gasteiger partial charge in [0.05, 0.1) is 5.69 Å². The number of anilines is 1. The molecule has 15 heavy (non-hydrogen) atoms. The van der Waals surface area contributed by atoms with Crippen molar-refractivity contribution < 1.29 is 9.90 Å². The van der Waals surface area contributed by atoms with E-state index in [4.69, 9.17) is 0 Å². The first kappa shape index (κ1) is 10.0. The van der Waals surface area contributed by atoms with Crippen molar-refractivity contribution in [3.8, 4) is 5.75 Å². The predicted octanol–water partition coefficient (Wildman–Crippen LogP) is 2.04. The quantitative estimate of drug-likeness (QED) is 0.704. The summed E-state index contributed by atoms with van der Waals surface area (Å²) in [7, 11) is 0. The van der Waals surface area contributed by atoms with E-state index >= 15 is 0 Å². The number of rotatable bonds is 0. The molecule has 0 unspecified atom stereocenters. The average molecular weight is 205 g/mol. The van der Waals surface area contributed by atoms with E-state index in [1.807, 2.05) is 6.07 Å². The number of hydrogen-bond acceptors (Lipinski definition) is 2. The number of phenolic OH excluding ortho intramolecular Hbond substituents is 1. The number of aromatic hydroxyl groups is 1. The molecule has 1 N–H and O–H groups in total. The van der Waals surface area contributed by atoms with Crippen molar-refractivity contribution in [2.75, 3.05) is 11.4 Å². The van der Waals surface area contributed by atoms with Crippen LogP contribution < -0.4 is 4.90 Å². The molecule has 0 radical (unpaired) electrons. The highest BCUT2D eigenvalue weighted by atomic mass is 16.3. The van der Waals surface area contributed by atoms with E-state index in [9.17, 15) is 9.90 Å². The summed E-state index contributed by atoms with van der Waals surface area (Å²) in [6.45, 7) is 6.44. The summed E-state index contributed by atoms with van der Waals surface area (Å²) in [5, 5.41) is 9.43. The zero-order valence-electron chi connectivity index (χ0n) is 9.24. The van der Waals surface area contributed by atoms with Crippen molar-refractivity contribution >= 4 is 11.6 Å². The van der Waals surface area contributed by atoms with Crippen molar-refractivity contribution in [3.63, 3.8) is 0 Å². The van der Waals surface area contributed by atoms with E-state index < -0.39 is 0 Å². The highest BCUT2D eigenvalue weighted by Gasteiger charge is 2.36. The lowest BCUT2D eigenvalue weighted by atomic mass is 9.87. The fourth-order valence-corrected chi connectivity index (χ4v) is 2.16. The van der Waals surface area contributed by atoms with Gasteiger partial charge in [0.1, 0.15) is 5.75 Å². The smallest absolute Gasteiger partial charge is 0.223 e. The third kappa shape index (κ3) is 1.48. The summed E-state index contributed by atoms with van der Waals surface area (Å²) in [5.74, 6) is 0.227. The van der Waals surface area contributed by atoms with Crippen LogP contribution in [-0.4, -0.2) is 17.6 Å². The molecule has 0 fully saturated rings. The molecule has 1 heterocycles. The van der Waals surface area contributed by atoms with Crippen LogP contribution >= 0.6 is 0 Å². The second kappa shape index (κ2) is 2.99. The Hall–Kier alpha value is -1.51. The molecule has 0 saturated heterocycles. The van der Waals surface area contributed by atoms with Gasteiger partial charge in [-0.3, -0.25) is 4.79 Å². The van der Waals surface area contributed by atoms with Crippen molar-refractivity contribution in [1.29, 1.82) is 0 Å². The maximum absolute atomic E-state index is 11.5. The number of amides is 1. The lowest BCUT2D eigenvalue weighted by Gasteiger charge is -2.19. The summed E-state index contributed by atoms with van der Waals surface area (Å²) >= 11 is 0. The number of phenols is 1. The van der Waals surface area contributed by atoms with Crippen LogP contribution in [0.4, 0.5) is 5.69 Å². The van der Waals surface area contributed by atoms with Crippen LogP contribution in [0.1, 0.15) is 26.3 Å². The number of benzene rings is 1. The van der Waals surface area contributed by atoms with Gasteiger partial charge in [0.15, 0.2) is 0 Å². The van der Waals surface area contributed by atoms with E-state index in [0.717, 1.165) is 11.3 Å². The van der Waals surface area contributed by atoms with Gasteiger partial charge in [-0.15, -0.1) is 0 Å². The monoisotopic (exact) mass is 205 g/mol. The molecule has 3 heteroatoms. The first-order chi connectivity index (χ1) is 6.92. The minimum Gasteiger partial charge on any atom is -0.508 e. The Balaban J connectivity index is 2.58. The van der Waals surface area contributed by atoms with Crippen molar-refractivity contribution in [1.82, 2.24) is 0 Å². The number of carbonyl (C=O) groups excluding carboxylic acids is 1. The minimum absolute atomic E-state index is 0.0208. The molecule has 1 aliphatic rings. The van der Waals surface area contributed by atoms with Crippen LogP contribution in [0.25, 0.3) is 0 Å². The van der Waals surface area contributed by atoms with Crippen LogP contribution in [0, 0.1) is 0 Å². The topological polar surface area (TPSA) is 40.5 Å². The van der Waals surface area contributed by atoms with Gasteiger partial charge in [-0.1, -0.05) is 19.9 Å². The van der Waals surface area contributed by atoms with Gasteiger partial charge in [0.25, 0.3) is 0 Å². The number of hydrogen-bond donors (Lipinski definition) is 1. The van der Waals surface area contributed by atoms with Crippen molar-refractivity contribution in [3.05, 3.63) is 23.8 Å². The van der Waals surface area contributed by atoms with E-state index in [-0.39, 0.29) is 17.1 Å². The normalized spacial score (nSPS) is 17.7. The average Bonchev–Trinajstić information content (AvgIpc) is 2.38. The molecule has 1 aromatic carbocycles. The molecule has 0 atom stereocenters. The first-order valence-electron chi connectivity index (χ1n) is 5.03. The number of nitrogens with zero attached hydrogens (tertiary/aromatic N) is 1. The fourth-order valence-electron chi connectivity index (χ4n) is 2.16. The van der Waals surface area contributed by atoms with Crippen LogP contribution in [0.3, 0.4) is 0 Å². The molecule has 1 amide bonds. The standard InChI is InChI=1S/C12H15NO2/c1-8(14)13-7-12(2,3)10-5-4-9(15)6-11(10)13/h4-6,15H,7H2,1-3H3. The van der Waals surface area contributed by atoms with E-state index in [1.54, 1.807) is 24.0 Å². The zero-order chi connectivity index (χ0) is 11.2. The Bertz CT molecular complexity index is 424. The van der Waals surface area contributed by atoms with Gasteiger partial charge < -0.3 is 10.0 Å². The maximum atomic E-state index is 11.5. The van der Waals surface area contributed by atoms with E-state index in [0.29, 0.717) is 6.54 Å². The van der Waals surface area contributed by atoms with Gasteiger partial charge in [-0.25, -0.2) is 0 Å². The van der Waals surface area contributed by atoms with Crippen LogP contribution in [0.5, 0.6) is 5.75 Å². The molecule has 0 bridgehead atoms. The van der Waals surface area contributed by atoms with Gasteiger partial charge >= 0.3 is 0 Å². The highest BCUT2D eigenvalue weighted by molar-refractivity contribution is 5.94. The Labute approximate surface area is 89.3 Å². The molecular weight excluding hydrogens is 190 g/mol. The SMILES string of the molecule is CC(=O)N1CC(C)(C)c2ccc(O)cc21. The number of carbonyl (C=O) groups is 1. The van der Waals surface area contributed by atoms with E-state index in [2.05, 4.69) is 13.8 Å². The molecular formula is C12H15NO2. The largest absolute Gasteiger partial charge is 0.508 e. The molecule has 1 aromatic rings. The van der Waals surface area contributed by atoms with Gasteiger partial charge in [0.2, 0.25) is 5.91 Å². The van der Waals surface area contributed by atoms with Gasteiger partial charge in [-0.05, 0) is 11.6 Å². The maximum Gasteiger partial charge on any atom is 0.223 e. The lowest BCUT2D eigenvalue weighted by molar-refractivity contribution is -0.116. The first-order valence-corrected chi connectivity index (χ1v) is 5.03. The summed E-state index contributed by atoms with van der Waals surface area (Å²) in [6.07, 6.45) is 0. The van der Waals surface area contributed by atoms with Crippen molar-refractivity contribution in [2.45, 2.75) is 26.2 Å². The molecule has 0 aliphatic carbocycles. The lowest BCUT2D eigenvalue weighted by Crippen LogP contribution is -2.31. The predicted molar refractivity (Wildman–Crippen MR) is 59.2 cm³/mol. The summed E-state index contributed by atoms with van der Waals surface area (Å²) < 4.78 is 0. The molecule has 0 saturated carbocycles. The Morgan fingerprint density at radius 1 is 1.47 bits per heavy atom. The van der Waals surface area contributed by atoms with E-state index in [1.165, 1.54) is 0 Å². The van der Waals surface area contributed by atoms with Gasteiger partial charge in [0, 0.05) is 24.9 Å². The molecule has 0 spiro atoms. The van der Waals surface area contributed by atoms with Crippen LogP contribution in [-0.2, 0) is 10.2 Å². The third-order valence-electron chi connectivity index (χ3n) is 2.93. The Morgan fingerprint density at radius 3 is 2.73 bits per heavy atom. The molecule has 80 valence electrons. The van der Waals surface area contributed by atoms with Crippen LogP contribution in [0.2, 0.25) is 0 Å². The summed E-state index contributed by atoms with van der Waals surface area (Å²) in [4.78, 5) is 13.2. The van der Waals surface area contributed by atoms with Gasteiger partial charge in [-0.2, -0.15) is 0 Å². The molecule has 0 aromatic heterocycles. The zero-order valence-corrected chi connectivity index (χ0v) is 9.24. The minimum atomic E-state index is -0.0330. The summed E-state index contributed by atoms with van der Waals surface area (Å²) in [6, 6.07) is 5.23. The Morgan fingerprint density at radius 2 is 2.13 bits per heavy atom. The fraction of sp³-hybridized carbons (Fsp3) is 0.417. The molecule has 2 rings (SSSR count). The van der Waals surface area contributed by atoms with Crippen LogP contribution in [0.15, 0.2) is 18.2 Å². The van der Waals surface area contributed by atoms with Crippen molar-refractivity contribution in [2.24, 2.45) is 0 Å². The number of fused-ring (bicyclic) bond motifs is 1. The molecule has 3 nitrogen and oxygen atoms in total. The molecule has 1 aliphatic heterocycles. The Kier molecular flexibility index (Phi) is 2.00. The third-order valence-corrected chi connectivity index (χ3v) is 2.93. The second-order valence-corrected chi connectivity index (χ2v) is 4.69. The highest BCUT2D eigenvalue weighted by Crippen LogP contribution is 2.41. The summed E-state index contributed by atoms with van der Waals surface area (Å²) in [5.41, 5.74) is 1.93. The second-order valence-electron chi connectivity index (χ2n) is 4.69.